The van der Waals surface area contributed by atoms with Crippen LogP contribution in [0.1, 0.15) is 18.5 Å². The third-order valence-electron chi connectivity index (χ3n) is 3.19. The number of amides is 2. The number of carbonyl (C=O) groups excluding carboxylic acids is 2. The molecule has 0 saturated heterocycles. The number of nitrogens with one attached hydrogen (secondary N) is 1. The lowest BCUT2D eigenvalue weighted by atomic mass is 10.1. The number of benzene rings is 1. The standard InChI is InChI=1S/C14H21N3O3.ClH/c1-10(11-4-6-12(20-3)7-5-11)17(2)14(19)9-16-13(18)8-15;/h4-7,10H,8-9,15H2,1-3H3,(H,16,18);1H. The largest absolute Gasteiger partial charge is 0.497 e. The third kappa shape index (κ3) is 5.61. The molecule has 0 saturated carbocycles. The molecule has 1 unspecified atom stereocenters. The second-order valence-corrected chi connectivity index (χ2v) is 4.43. The molecule has 3 N–H and O–H groups in total. The van der Waals surface area contributed by atoms with Gasteiger partial charge in [-0.05, 0) is 24.6 Å². The first-order valence-electron chi connectivity index (χ1n) is 6.36. The minimum Gasteiger partial charge on any atom is -0.497 e. The van der Waals surface area contributed by atoms with Crippen molar-refractivity contribution in [2.75, 3.05) is 27.2 Å². The summed E-state index contributed by atoms with van der Waals surface area (Å²) in [5, 5.41) is 2.46. The van der Waals surface area contributed by atoms with E-state index >= 15 is 0 Å². The second kappa shape index (κ2) is 9.20. The van der Waals surface area contributed by atoms with Gasteiger partial charge in [0.1, 0.15) is 5.75 Å². The summed E-state index contributed by atoms with van der Waals surface area (Å²) in [6.07, 6.45) is 0. The molecular weight excluding hydrogens is 294 g/mol. The van der Waals surface area contributed by atoms with Gasteiger partial charge < -0.3 is 20.7 Å². The van der Waals surface area contributed by atoms with Crippen molar-refractivity contribution in [3.05, 3.63) is 29.8 Å². The minimum absolute atomic E-state index is 0. The summed E-state index contributed by atoms with van der Waals surface area (Å²) >= 11 is 0. The summed E-state index contributed by atoms with van der Waals surface area (Å²) in [4.78, 5) is 24.6. The molecule has 0 aliphatic heterocycles. The number of carbonyl (C=O) groups is 2. The van der Waals surface area contributed by atoms with E-state index in [2.05, 4.69) is 5.32 Å². The van der Waals surface area contributed by atoms with Crippen LogP contribution in [0.2, 0.25) is 0 Å². The average molecular weight is 316 g/mol. The molecule has 0 radical (unpaired) electrons. The Bertz CT molecular complexity index is 465. The fourth-order valence-electron chi connectivity index (χ4n) is 1.69. The lowest BCUT2D eigenvalue weighted by Gasteiger charge is -2.25. The lowest BCUT2D eigenvalue weighted by molar-refractivity contribution is -0.133. The molecule has 0 heterocycles. The number of nitrogens with two attached hydrogens (primary N) is 1. The van der Waals surface area contributed by atoms with E-state index < -0.39 is 0 Å². The molecule has 2 amide bonds. The highest BCUT2D eigenvalue weighted by Crippen LogP contribution is 2.21. The molecule has 0 spiro atoms. The van der Waals surface area contributed by atoms with Crippen LogP contribution in [0.15, 0.2) is 24.3 Å². The van der Waals surface area contributed by atoms with Crippen LogP contribution < -0.4 is 15.8 Å². The van der Waals surface area contributed by atoms with E-state index in [1.807, 2.05) is 31.2 Å². The van der Waals surface area contributed by atoms with E-state index in [9.17, 15) is 9.59 Å². The van der Waals surface area contributed by atoms with Crippen molar-refractivity contribution in [1.29, 1.82) is 0 Å². The predicted molar refractivity (Wildman–Crippen MR) is 83.5 cm³/mol. The van der Waals surface area contributed by atoms with Gasteiger partial charge in [0, 0.05) is 7.05 Å². The Morgan fingerprint density at radius 3 is 2.38 bits per heavy atom. The van der Waals surface area contributed by atoms with Gasteiger partial charge in [-0.15, -0.1) is 12.4 Å². The smallest absolute Gasteiger partial charge is 0.242 e. The van der Waals surface area contributed by atoms with Crippen LogP contribution in [0.25, 0.3) is 0 Å². The zero-order valence-electron chi connectivity index (χ0n) is 12.5. The van der Waals surface area contributed by atoms with Gasteiger partial charge >= 0.3 is 0 Å². The highest BCUT2D eigenvalue weighted by molar-refractivity contribution is 5.85. The molecule has 118 valence electrons. The highest BCUT2D eigenvalue weighted by atomic mass is 35.5. The Morgan fingerprint density at radius 1 is 1.33 bits per heavy atom. The van der Waals surface area contributed by atoms with Crippen molar-refractivity contribution in [3.8, 4) is 5.75 Å². The molecule has 0 fully saturated rings. The van der Waals surface area contributed by atoms with Crippen molar-refractivity contribution in [3.63, 3.8) is 0 Å². The Kier molecular flexibility index (Phi) is 8.42. The molecule has 21 heavy (non-hydrogen) atoms. The topological polar surface area (TPSA) is 84.7 Å². The fraction of sp³-hybridized carbons (Fsp3) is 0.429. The zero-order valence-corrected chi connectivity index (χ0v) is 13.3. The molecule has 7 heteroatoms. The van der Waals surface area contributed by atoms with Gasteiger partial charge in [0.2, 0.25) is 11.8 Å². The number of likely N-dealkylation sites (N-methyl/N-ethyl adjacent to an activating group) is 1. The first-order chi connectivity index (χ1) is 9.49. The molecule has 0 aromatic heterocycles. The van der Waals surface area contributed by atoms with E-state index in [0.29, 0.717) is 0 Å². The quantitative estimate of drug-likeness (QED) is 0.810. The van der Waals surface area contributed by atoms with Gasteiger partial charge in [-0.3, -0.25) is 9.59 Å². The number of rotatable bonds is 6. The summed E-state index contributed by atoms with van der Waals surface area (Å²) in [5.74, 6) is 0.254. The molecule has 0 aliphatic rings. The van der Waals surface area contributed by atoms with Crippen LogP contribution in [0.3, 0.4) is 0 Å². The lowest BCUT2D eigenvalue weighted by Crippen LogP contribution is -2.41. The predicted octanol–water partition coefficient (Wildman–Crippen LogP) is 0.711. The monoisotopic (exact) mass is 315 g/mol. The summed E-state index contributed by atoms with van der Waals surface area (Å²) in [7, 11) is 3.31. The van der Waals surface area contributed by atoms with Crippen molar-refractivity contribution >= 4 is 24.2 Å². The number of ether oxygens (including phenoxy) is 1. The number of methoxy groups -OCH3 is 1. The van der Waals surface area contributed by atoms with E-state index in [0.717, 1.165) is 11.3 Å². The molecular formula is C14H22ClN3O3. The van der Waals surface area contributed by atoms with Gasteiger partial charge in [0.05, 0.1) is 26.2 Å². The summed E-state index contributed by atoms with van der Waals surface area (Å²) in [6.45, 7) is 1.75. The first kappa shape index (κ1) is 19.2. The first-order valence-corrected chi connectivity index (χ1v) is 6.36. The average Bonchev–Trinajstić information content (AvgIpc) is 2.50. The van der Waals surface area contributed by atoms with Crippen LogP contribution in [-0.4, -0.2) is 44.0 Å². The van der Waals surface area contributed by atoms with E-state index in [4.69, 9.17) is 10.5 Å². The molecule has 6 nitrogen and oxygen atoms in total. The second-order valence-electron chi connectivity index (χ2n) is 4.43. The van der Waals surface area contributed by atoms with Crippen LogP contribution >= 0.6 is 12.4 Å². The van der Waals surface area contributed by atoms with Crippen molar-refractivity contribution in [2.24, 2.45) is 5.73 Å². The third-order valence-corrected chi connectivity index (χ3v) is 3.19. The van der Waals surface area contributed by atoms with E-state index in [-0.39, 0.29) is 43.4 Å². The SMILES string of the molecule is COc1ccc(C(C)N(C)C(=O)CNC(=O)CN)cc1.Cl. The van der Waals surface area contributed by atoms with Gasteiger partial charge in [0.25, 0.3) is 0 Å². The number of halogens is 1. The maximum absolute atomic E-state index is 11.9. The highest BCUT2D eigenvalue weighted by Gasteiger charge is 2.17. The molecule has 1 aromatic carbocycles. The Morgan fingerprint density at radius 2 is 1.90 bits per heavy atom. The van der Waals surface area contributed by atoms with Gasteiger partial charge in [0.15, 0.2) is 0 Å². The Hall–Kier alpha value is -1.79. The summed E-state index contributed by atoms with van der Waals surface area (Å²) < 4.78 is 5.09. The molecule has 1 aromatic rings. The van der Waals surface area contributed by atoms with E-state index in [1.165, 1.54) is 0 Å². The molecule has 1 atom stereocenters. The van der Waals surface area contributed by atoms with Crippen LogP contribution in [0.5, 0.6) is 5.75 Å². The number of nitrogens with zero attached hydrogens (tertiary/aromatic N) is 1. The van der Waals surface area contributed by atoms with E-state index in [1.54, 1.807) is 19.1 Å². The van der Waals surface area contributed by atoms with Gasteiger partial charge in [-0.1, -0.05) is 12.1 Å². The Labute approximate surface area is 131 Å². The maximum atomic E-state index is 11.9. The molecule has 1 rings (SSSR count). The number of hydrogen-bond donors (Lipinski definition) is 2. The fourth-order valence-corrected chi connectivity index (χ4v) is 1.69. The van der Waals surface area contributed by atoms with Gasteiger partial charge in [-0.2, -0.15) is 0 Å². The van der Waals surface area contributed by atoms with Crippen LogP contribution in [0.4, 0.5) is 0 Å². The summed E-state index contributed by atoms with van der Waals surface area (Å²) in [6, 6.07) is 7.42. The molecule has 0 bridgehead atoms. The Balaban J connectivity index is 0.00000400. The number of hydrogen-bond acceptors (Lipinski definition) is 4. The minimum atomic E-state index is -0.344. The van der Waals surface area contributed by atoms with Crippen molar-refractivity contribution < 1.29 is 14.3 Å². The molecule has 0 aliphatic carbocycles. The zero-order chi connectivity index (χ0) is 15.1. The van der Waals surface area contributed by atoms with Gasteiger partial charge in [-0.25, -0.2) is 0 Å². The maximum Gasteiger partial charge on any atom is 0.242 e. The van der Waals surface area contributed by atoms with Crippen LogP contribution in [-0.2, 0) is 9.59 Å². The summed E-state index contributed by atoms with van der Waals surface area (Å²) in [5.41, 5.74) is 6.16. The normalized spacial score (nSPS) is 11.0. The van der Waals surface area contributed by atoms with Crippen LogP contribution in [0, 0.1) is 0 Å². The van der Waals surface area contributed by atoms with Crippen molar-refractivity contribution in [1.82, 2.24) is 10.2 Å². The van der Waals surface area contributed by atoms with Crippen molar-refractivity contribution in [2.45, 2.75) is 13.0 Å².